The van der Waals surface area contributed by atoms with Crippen LogP contribution >= 0.6 is 0 Å². The van der Waals surface area contributed by atoms with E-state index in [9.17, 15) is 14.4 Å². The van der Waals surface area contributed by atoms with Crippen molar-refractivity contribution in [2.24, 2.45) is 17.8 Å². The first-order valence-electron chi connectivity index (χ1n) is 8.99. The second kappa shape index (κ2) is 7.37. The van der Waals surface area contributed by atoms with Crippen molar-refractivity contribution in [3.05, 3.63) is 12.3 Å². The van der Waals surface area contributed by atoms with E-state index in [1.807, 2.05) is 13.8 Å². The Kier molecular flexibility index (Phi) is 5.20. The monoisotopic (exact) mass is 347 g/mol. The Balaban J connectivity index is 1.50. The Morgan fingerprint density at radius 1 is 1.32 bits per heavy atom. The summed E-state index contributed by atoms with van der Waals surface area (Å²) in [6, 6.07) is 1.82. The van der Waals surface area contributed by atoms with Gasteiger partial charge in [-0.15, -0.1) is 0 Å². The van der Waals surface area contributed by atoms with E-state index in [1.54, 1.807) is 16.9 Å². The van der Waals surface area contributed by atoms with Gasteiger partial charge < -0.3 is 10.1 Å². The van der Waals surface area contributed by atoms with Crippen molar-refractivity contribution >= 4 is 23.5 Å². The fourth-order valence-corrected chi connectivity index (χ4v) is 3.93. The summed E-state index contributed by atoms with van der Waals surface area (Å²) in [7, 11) is 0. The number of hydrogen-bond acceptors (Lipinski definition) is 5. The van der Waals surface area contributed by atoms with Crippen LogP contribution in [0.4, 0.5) is 5.82 Å². The molecule has 136 valence electrons. The summed E-state index contributed by atoms with van der Waals surface area (Å²) in [5.41, 5.74) is 0. The Labute approximate surface area is 147 Å². The van der Waals surface area contributed by atoms with Crippen LogP contribution in [-0.2, 0) is 19.1 Å². The molecule has 0 spiro atoms. The number of rotatable bonds is 5. The summed E-state index contributed by atoms with van der Waals surface area (Å²) in [4.78, 5) is 36.4. The number of amides is 1. The molecule has 2 fully saturated rings. The van der Waals surface area contributed by atoms with E-state index in [1.165, 1.54) is 0 Å². The maximum Gasteiger partial charge on any atom is 0.309 e. The molecule has 1 N–H and O–H groups in total. The number of anilines is 1. The van der Waals surface area contributed by atoms with Gasteiger partial charge >= 0.3 is 5.97 Å². The van der Waals surface area contributed by atoms with Gasteiger partial charge in [-0.2, -0.15) is 5.10 Å². The van der Waals surface area contributed by atoms with E-state index >= 15 is 0 Å². The first-order chi connectivity index (χ1) is 12.0. The van der Waals surface area contributed by atoms with Crippen molar-refractivity contribution in [3.63, 3.8) is 0 Å². The average Bonchev–Trinajstić information content (AvgIpc) is 3.00. The second-order valence-electron chi connectivity index (χ2n) is 7.31. The van der Waals surface area contributed by atoms with Crippen LogP contribution in [0.5, 0.6) is 0 Å². The molecule has 25 heavy (non-hydrogen) atoms. The minimum absolute atomic E-state index is 0.000676. The number of ketones is 1. The van der Waals surface area contributed by atoms with E-state index in [0.717, 1.165) is 19.3 Å². The van der Waals surface area contributed by atoms with Crippen molar-refractivity contribution in [2.75, 3.05) is 11.9 Å². The maximum absolute atomic E-state index is 12.3. The van der Waals surface area contributed by atoms with Crippen LogP contribution < -0.4 is 5.32 Å². The lowest BCUT2D eigenvalue weighted by Gasteiger charge is -2.36. The molecule has 7 heteroatoms. The highest BCUT2D eigenvalue weighted by atomic mass is 16.5. The predicted octanol–water partition coefficient (Wildman–Crippen LogP) is 2.34. The molecule has 2 bridgehead atoms. The van der Waals surface area contributed by atoms with E-state index in [0.29, 0.717) is 24.4 Å². The third-order valence-electron chi connectivity index (χ3n) is 5.15. The Morgan fingerprint density at radius 2 is 2.00 bits per heavy atom. The molecule has 1 amide bonds. The first kappa shape index (κ1) is 17.6. The van der Waals surface area contributed by atoms with E-state index in [4.69, 9.17) is 4.74 Å². The zero-order valence-corrected chi connectivity index (χ0v) is 14.7. The van der Waals surface area contributed by atoms with Crippen molar-refractivity contribution in [2.45, 2.75) is 52.0 Å². The highest BCUT2D eigenvalue weighted by Crippen LogP contribution is 2.40. The summed E-state index contributed by atoms with van der Waals surface area (Å²) >= 11 is 0. The summed E-state index contributed by atoms with van der Waals surface area (Å²) < 4.78 is 6.89. The molecule has 2 aliphatic carbocycles. The third kappa shape index (κ3) is 3.91. The number of esters is 1. The first-order valence-corrected chi connectivity index (χ1v) is 8.99. The number of carbonyl (C=O) groups is 3. The molecule has 0 aliphatic heterocycles. The molecule has 2 atom stereocenters. The molecule has 2 unspecified atom stereocenters. The average molecular weight is 347 g/mol. The smallest absolute Gasteiger partial charge is 0.309 e. The van der Waals surface area contributed by atoms with Gasteiger partial charge in [0, 0.05) is 23.9 Å². The zero-order chi connectivity index (χ0) is 18.0. The molecule has 2 aliphatic rings. The molecule has 0 radical (unpaired) electrons. The minimum atomic E-state index is -0.386. The molecule has 2 saturated carbocycles. The van der Waals surface area contributed by atoms with Crippen LogP contribution in [0.15, 0.2) is 12.3 Å². The van der Waals surface area contributed by atoms with Crippen molar-refractivity contribution in [3.8, 4) is 0 Å². The van der Waals surface area contributed by atoms with Crippen molar-refractivity contribution in [1.82, 2.24) is 9.78 Å². The van der Waals surface area contributed by atoms with Crippen LogP contribution in [0.25, 0.3) is 0 Å². The van der Waals surface area contributed by atoms with E-state index < -0.39 is 0 Å². The molecule has 1 heterocycles. The van der Waals surface area contributed by atoms with Crippen LogP contribution in [0, 0.1) is 17.8 Å². The van der Waals surface area contributed by atoms with Gasteiger partial charge in [0.15, 0.2) is 6.61 Å². The number of fused-ring (bicyclic) bond motifs is 2. The summed E-state index contributed by atoms with van der Waals surface area (Å²) in [5, 5.41) is 6.85. The van der Waals surface area contributed by atoms with Gasteiger partial charge in [0.2, 0.25) is 0 Å². The Morgan fingerprint density at radius 3 is 2.64 bits per heavy atom. The maximum atomic E-state index is 12.3. The van der Waals surface area contributed by atoms with Gasteiger partial charge in [0.25, 0.3) is 5.91 Å². The molecule has 7 nitrogen and oxygen atoms in total. The number of ether oxygens (including phenoxy) is 1. The minimum Gasteiger partial charge on any atom is -0.455 e. The van der Waals surface area contributed by atoms with Gasteiger partial charge in [-0.05, 0) is 39.5 Å². The molecule has 1 aromatic heterocycles. The summed E-state index contributed by atoms with van der Waals surface area (Å²) in [6.45, 7) is 3.61. The van der Waals surface area contributed by atoms with Crippen molar-refractivity contribution < 1.29 is 19.1 Å². The van der Waals surface area contributed by atoms with Crippen LogP contribution in [0.2, 0.25) is 0 Å². The lowest BCUT2D eigenvalue weighted by molar-refractivity contribution is -0.155. The van der Waals surface area contributed by atoms with Crippen LogP contribution in [-0.4, -0.2) is 34.0 Å². The fourth-order valence-electron chi connectivity index (χ4n) is 3.93. The second-order valence-corrected chi connectivity index (χ2v) is 7.31. The van der Waals surface area contributed by atoms with Crippen molar-refractivity contribution in [1.29, 1.82) is 0 Å². The number of hydrogen-bond donors (Lipinski definition) is 1. The number of aromatic nitrogens is 2. The normalized spacial score (nSPS) is 25.7. The number of nitrogens with one attached hydrogen (secondary N) is 1. The van der Waals surface area contributed by atoms with Gasteiger partial charge in [-0.3, -0.25) is 14.4 Å². The number of carbonyl (C=O) groups excluding carboxylic acids is 3. The Bertz CT molecular complexity index is 651. The fraction of sp³-hybridized carbons (Fsp3) is 0.667. The topological polar surface area (TPSA) is 90.3 Å². The molecular weight excluding hydrogens is 322 g/mol. The molecule has 0 saturated heterocycles. The predicted molar refractivity (Wildman–Crippen MR) is 90.8 cm³/mol. The van der Waals surface area contributed by atoms with Gasteiger partial charge in [-0.1, -0.05) is 6.42 Å². The van der Waals surface area contributed by atoms with Crippen LogP contribution in [0.3, 0.4) is 0 Å². The molecule has 1 aromatic rings. The highest BCUT2D eigenvalue weighted by Gasteiger charge is 2.41. The summed E-state index contributed by atoms with van der Waals surface area (Å²) in [6.07, 6.45) is 5.55. The van der Waals surface area contributed by atoms with Gasteiger partial charge in [0.1, 0.15) is 11.6 Å². The lowest BCUT2D eigenvalue weighted by atomic mass is 9.67. The number of Topliss-reactive ketones (excluding diaryl/α,β-unsaturated/α-hetero) is 1. The van der Waals surface area contributed by atoms with Crippen LogP contribution in [0.1, 0.15) is 52.0 Å². The van der Waals surface area contributed by atoms with Gasteiger partial charge in [-0.25, -0.2) is 4.68 Å². The SMILES string of the molecule is CC(C)n1nccc1NC(=O)COC(=O)C1CC2CCCC(C1)C2=O. The zero-order valence-electron chi connectivity index (χ0n) is 14.7. The number of nitrogens with zero attached hydrogens (tertiary/aromatic N) is 2. The summed E-state index contributed by atoms with van der Waals surface area (Å²) in [5.74, 6) is -0.121. The van der Waals surface area contributed by atoms with E-state index in [-0.39, 0.29) is 42.3 Å². The van der Waals surface area contributed by atoms with Gasteiger partial charge in [0.05, 0.1) is 12.1 Å². The van der Waals surface area contributed by atoms with E-state index in [2.05, 4.69) is 10.4 Å². The highest BCUT2D eigenvalue weighted by molar-refractivity contribution is 5.92. The molecule has 3 rings (SSSR count). The molecular formula is C18H25N3O4. The standard InChI is InChI=1S/C18H25N3O4/c1-11(2)21-15(6-7-19-21)20-16(22)10-25-18(24)14-8-12-4-3-5-13(9-14)17(12)23/h6-7,11-14H,3-5,8-10H2,1-2H3,(H,20,22). The lowest BCUT2D eigenvalue weighted by Crippen LogP contribution is -2.40. The quantitative estimate of drug-likeness (QED) is 0.826. The largest absolute Gasteiger partial charge is 0.455 e. The Hall–Kier alpha value is -2.18. The molecule has 0 aromatic carbocycles. The third-order valence-corrected chi connectivity index (χ3v) is 5.15.